The number of aliphatic carboxylic acids is 2. The first-order valence-corrected chi connectivity index (χ1v) is 10.7. The Balaban J connectivity index is 2.28. The molecule has 12 heteroatoms. The topological polar surface area (TPSA) is 204 Å². The van der Waals surface area contributed by atoms with Gasteiger partial charge in [0.15, 0.2) is 0 Å². The van der Waals surface area contributed by atoms with Crippen LogP contribution in [0.1, 0.15) is 32.3 Å². The van der Waals surface area contributed by atoms with Gasteiger partial charge in [0, 0.05) is 29.9 Å². The Labute approximate surface area is 195 Å². The second-order valence-electron chi connectivity index (χ2n) is 7.98. The summed E-state index contributed by atoms with van der Waals surface area (Å²) in [6.07, 6.45) is 1.05. The Kier molecular flexibility index (Phi) is 9.13. The predicted octanol–water partition coefficient (Wildman–Crippen LogP) is -0.519. The highest BCUT2D eigenvalue weighted by Crippen LogP contribution is 2.19. The Morgan fingerprint density at radius 3 is 2.18 bits per heavy atom. The molecule has 0 saturated carbocycles. The summed E-state index contributed by atoms with van der Waals surface area (Å²) >= 11 is 0. The summed E-state index contributed by atoms with van der Waals surface area (Å²) in [6.45, 7) is 2.69. The van der Waals surface area contributed by atoms with Gasteiger partial charge in [-0.25, -0.2) is 0 Å². The molecule has 0 aliphatic heterocycles. The molecule has 1 heterocycles. The van der Waals surface area contributed by atoms with Crippen LogP contribution in [-0.4, -0.2) is 69.0 Å². The molecule has 4 atom stereocenters. The Morgan fingerprint density at radius 1 is 0.941 bits per heavy atom. The van der Waals surface area contributed by atoms with E-state index in [-0.39, 0.29) is 12.8 Å². The predicted molar refractivity (Wildman–Crippen MR) is 122 cm³/mol. The molecule has 0 saturated heterocycles. The van der Waals surface area contributed by atoms with Gasteiger partial charge in [0.05, 0.1) is 6.04 Å². The van der Waals surface area contributed by atoms with Gasteiger partial charge in [-0.2, -0.15) is 0 Å². The molecule has 2 aromatic rings. The van der Waals surface area contributed by atoms with Gasteiger partial charge in [-0.3, -0.25) is 24.0 Å². The highest BCUT2D eigenvalue weighted by atomic mass is 16.4. The lowest BCUT2D eigenvalue weighted by Gasteiger charge is -2.24. The maximum Gasteiger partial charge on any atom is 0.325 e. The molecular formula is C22H29N5O7. The zero-order valence-corrected chi connectivity index (χ0v) is 18.8. The fourth-order valence-electron chi connectivity index (χ4n) is 3.22. The number of aromatic nitrogens is 1. The van der Waals surface area contributed by atoms with E-state index in [1.54, 1.807) is 6.20 Å². The number of carbonyl (C=O) groups is 5. The van der Waals surface area contributed by atoms with E-state index in [2.05, 4.69) is 20.9 Å². The molecule has 184 valence electrons. The molecule has 8 N–H and O–H groups in total. The first-order valence-electron chi connectivity index (χ1n) is 10.7. The minimum Gasteiger partial charge on any atom is -0.481 e. The number of rotatable bonds is 12. The van der Waals surface area contributed by atoms with Crippen LogP contribution in [0.4, 0.5) is 0 Å². The summed E-state index contributed by atoms with van der Waals surface area (Å²) in [7, 11) is 0. The molecule has 1 aromatic carbocycles. The number of aromatic amines is 1. The van der Waals surface area contributed by atoms with Crippen molar-refractivity contribution in [3.63, 3.8) is 0 Å². The number of fused-ring (bicyclic) bond motifs is 1. The number of carboxylic acids is 2. The van der Waals surface area contributed by atoms with Gasteiger partial charge in [0.2, 0.25) is 17.7 Å². The molecular weight excluding hydrogens is 446 g/mol. The van der Waals surface area contributed by atoms with Gasteiger partial charge < -0.3 is 36.9 Å². The number of benzene rings is 1. The van der Waals surface area contributed by atoms with E-state index in [0.29, 0.717) is 5.56 Å². The van der Waals surface area contributed by atoms with Crippen molar-refractivity contribution in [1.29, 1.82) is 0 Å². The number of carboxylic acid groups (broad SMARTS) is 2. The molecule has 12 nitrogen and oxygen atoms in total. The third-order valence-corrected chi connectivity index (χ3v) is 5.15. The number of hydrogen-bond donors (Lipinski definition) is 7. The molecule has 3 amide bonds. The number of H-pyrrole nitrogens is 1. The summed E-state index contributed by atoms with van der Waals surface area (Å²) < 4.78 is 0. The summed E-state index contributed by atoms with van der Waals surface area (Å²) in [5, 5.41) is 26.2. The van der Waals surface area contributed by atoms with Crippen molar-refractivity contribution in [3.8, 4) is 0 Å². The van der Waals surface area contributed by atoms with Crippen LogP contribution in [0.25, 0.3) is 10.9 Å². The molecule has 1 aromatic heterocycles. The Morgan fingerprint density at radius 2 is 1.56 bits per heavy atom. The van der Waals surface area contributed by atoms with Gasteiger partial charge in [-0.05, 0) is 31.9 Å². The van der Waals surface area contributed by atoms with Crippen LogP contribution < -0.4 is 21.7 Å². The Hall–Kier alpha value is -3.93. The van der Waals surface area contributed by atoms with E-state index in [4.69, 9.17) is 15.9 Å². The first-order chi connectivity index (χ1) is 16.0. The monoisotopic (exact) mass is 475 g/mol. The standard InChI is InChI=1S/C22H29N5O7/c1-11(23)19(30)26-16(7-8-18(28)29)20(31)27-17(21(32)25-12(2)22(33)34)9-13-10-24-15-6-4-3-5-14(13)15/h3-6,10-12,16-17,24H,7-9,23H2,1-2H3,(H,25,32)(H,26,30)(H,27,31)(H,28,29)(H,33,34). The maximum atomic E-state index is 13.0. The second kappa shape index (κ2) is 11.8. The minimum atomic E-state index is -1.26. The average Bonchev–Trinajstić information content (AvgIpc) is 3.18. The summed E-state index contributed by atoms with van der Waals surface area (Å²) in [5.74, 6) is -4.63. The smallest absolute Gasteiger partial charge is 0.325 e. The molecule has 4 unspecified atom stereocenters. The van der Waals surface area contributed by atoms with E-state index in [9.17, 15) is 24.0 Å². The van der Waals surface area contributed by atoms with Crippen LogP contribution in [0.5, 0.6) is 0 Å². The molecule has 0 aliphatic rings. The van der Waals surface area contributed by atoms with Crippen molar-refractivity contribution in [3.05, 3.63) is 36.0 Å². The van der Waals surface area contributed by atoms with Gasteiger partial charge in [0.1, 0.15) is 18.1 Å². The van der Waals surface area contributed by atoms with Crippen molar-refractivity contribution < 1.29 is 34.2 Å². The quantitative estimate of drug-likeness (QED) is 0.212. The molecule has 0 spiro atoms. The average molecular weight is 476 g/mol. The lowest BCUT2D eigenvalue weighted by Crippen LogP contribution is -2.57. The van der Waals surface area contributed by atoms with Crippen molar-refractivity contribution in [2.24, 2.45) is 5.73 Å². The first kappa shape index (κ1) is 26.3. The SMILES string of the molecule is CC(N)C(=O)NC(CCC(=O)O)C(=O)NC(Cc1c[nH]c2ccccc12)C(=O)NC(C)C(=O)O. The number of nitrogens with one attached hydrogen (secondary N) is 4. The second-order valence-corrected chi connectivity index (χ2v) is 7.98. The van der Waals surface area contributed by atoms with Crippen molar-refractivity contribution >= 4 is 40.6 Å². The Bertz CT molecular complexity index is 1060. The number of amides is 3. The normalized spacial score (nSPS) is 14.4. The van der Waals surface area contributed by atoms with Crippen LogP contribution in [0, 0.1) is 0 Å². The highest BCUT2D eigenvalue weighted by molar-refractivity contribution is 5.95. The number of carbonyl (C=O) groups excluding carboxylic acids is 3. The molecule has 0 aliphatic carbocycles. The van der Waals surface area contributed by atoms with Gasteiger partial charge in [-0.1, -0.05) is 18.2 Å². The molecule has 34 heavy (non-hydrogen) atoms. The number of hydrogen-bond acceptors (Lipinski definition) is 6. The minimum absolute atomic E-state index is 0.0147. The van der Waals surface area contributed by atoms with Crippen molar-refractivity contribution in [1.82, 2.24) is 20.9 Å². The molecule has 0 bridgehead atoms. The van der Waals surface area contributed by atoms with Crippen LogP contribution in [-0.2, 0) is 30.4 Å². The highest BCUT2D eigenvalue weighted by Gasteiger charge is 2.30. The maximum absolute atomic E-state index is 13.0. The summed E-state index contributed by atoms with van der Waals surface area (Å²) in [6, 6.07) is 2.69. The third kappa shape index (κ3) is 7.30. The van der Waals surface area contributed by atoms with Crippen molar-refractivity contribution in [2.45, 2.75) is 57.3 Å². The summed E-state index contributed by atoms with van der Waals surface area (Å²) in [5.41, 5.74) is 7.04. The molecule has 0 fully saturated rings. The van der Waals surface area contributed by atoms with E-state index >= 15 is 0 Å². The van der Waals surface area contributed by atoms with Crippen LogP contribution in [0.2, 0.25) is 0 Å². The lowest BCUT2D eigenvalue weighted by molar-refractivity contribution is -0.141. The zero-order chi connectivity index (χ0) is 25.4. The zero-order valence-electron chi connectivity index (χ0n) is 18.8. The van der Waals surface area contributed by atoms with E-state index < -0.39 is 60.2 Å². The largest absolute Gasteiger partial charge is 0.481 e. The van der Waals surface area contributed by atoms with Crippen LogP contribution in [0.15, 0.2) is 30.5 Å². The van der Waals surface area contributed by atoms with E-state index in [1.807, 2.05) is 24.3 Å². The molecule has 0 radical (unpaired) electrons. The molecule has 2 rings (SSSR count). The van der Waals surface area contributed by atoms with Crippen LogP contribution in [0.3, 0.4) is 0 Å². The number of nitrogens with two attached hydrogens (primary N) is 1. The third-order valence-electron chi connectivity index (χ3n) is 5.15. The fraction of sp³-hybridized carbons (Fsp3) is 0.409. The van der Waals surface area contributed by atoms with E-state index in [0.717, 1.165) is 10.9 Å². The van der Waals surface area contributed by atoms with Crippen molar-refractivity contribution in [2.75, 3.05) is 0 Å². The van der Waals surface area contributed by atoms with Gasteiger partial charge in [-0.15, -0.1) is 0 Å². The van der Waals surface area contributed by atoms with Gasteiger partial charge >= 0.3 is 11.9 Å². The fourth-order valence-corrected chi connectivity index (χ4v) is 3.22. The van der Waals surface area contributed by atoms with Gasteiger partial charge in [0.25, 0.3) is 0 Å². The van der Waals surface area contributed by atoms with Crippen LogP contribution >= 0.6 is 0 Å². The van der Waals surface area contributed by atoms with E-state index in [1.165, 1.54) is 13.8 Å². The lowest BCUT2D eigenvalue weighted by atomic mass is 10.0. The summed E-state index contributed by atoms with van der Waals surface area (Å²) in [4.78, 5) is 63.1. The number of para-hydroxylation sites is 1.